The lowest BCUT2D eigenvalue weighted by atomic mass is 10.0. The molecule has 0 saturated carbocycles. The van der Waals surface area contributed by atoms with Crippen LogP contribution in [0.25, 0.3) is 0 Å². The highest BCUT2D eigenvalue weighted by Crippen LogP contribution is 2.29. The van der Waals surface area contributed by atoms with Crippen LogP contribution in [0.2, 0.25) is 5.02 Å². The largest absolute Gasteiger partial charge is 0.497 e. The van der Waals surface area contributed by atoms with Gasteiger partial charge in [-0.15, -0.1) is 0 Å². The smallest absolute Gasteiger partial charge is 0.244 e. The molecule has 0 radical (unpaired) electrons. The highest BCUT2D eigenvalue weighted by molar-refractivity contribution is 7.92. The van der Waals surface area contributed by atoms with Crippen molar-refractivity contribution in [1.29, 1.82) is 0 Å². The van der Waals surface area contributed by atoms with Crippen molar-refractivity contribution in [1.82, 2.24) is 10.2 Å². The molecule has 8 nitrogen and oxygen atoms in total. The van der Waals surface area contributed by atoms with Gasteiger partial charge in [-0.3, -0.25) is 13.9 Å². The zero-order chi connectivity index (χ0) is 27.9. The van der Waals surface area contributed by atoms with Crippen molar-refractivity contribution < 1.29 is 22.7 Å². The van der Waals surface area contributed by atoms with E-state index in [0.717, 1.165) is 21.7 Å². The number of hydrogen-bond donors (Lipinski definition) is 1. The number of nitrogens with one attached hydrogen (secondary N) is 1. The lowest BCUT2D eigenvalue weighted by molar-refractivity contribution is -0.139. The van der Waals surface area contributed by atoms with E-state index in [1.54, 1.807) is 50.4 Å². The highest BCUT2D eigenvalue weighted by atomic mass is 35.5. The maximum Gasteiger partial charge on any atom is 0.244 e. The van der Waals surface area contributed by atoms with E-state index in [0.29, 0.717) is 22.0 Å². The van der Waals surface area contributed by atoms with Crippen LogP contribution in [-0.4, -0.2) is 58.1 Å². The molecule has 10 heteroatoms. The number of amides is 2. The predicted molar refractivity (Wildman–Crippen MR) is 150 cm³/mol. The fraction of sp³-hybridized carbons (Fsp3) is 0.286. The predicted octanol–water partition coefficient (Wildman–Crippen LogP) is 3.81. The third-order valence-electron chi connectivity index (χ3n) is 6.19. The Morgan fingerprint density at radius 3 is 2.29 bits per heavy atom. The van der Waals surface area contributed by atoms with Crippen LogP contribution in [0.5, 0.6) is 5.75 Å². The fourth-order valence-electron chi connectivity index (χ4n) is 4.15. The van der Waals surface area contributed by atoms with Gasteiger partial charge in [0.15, 0.2) is 0 Å². The van der Waals surface area contributed by atoms with Gasteiger partial charge in [0.05, 0.1) is 19.1 Å². The molecule has 3 aromatic carbocycles. The molecule has 0 heterocycles. The lowest BCUT2D eigenvalue weighted by Gasteiger charge is -2.33. The molecule has 1 N–H and O–H groups in total. The molecule has 2 amide bonds. The maximum atomic E-state index is 14.0. The van der Waals surface area contributed by atoms with E-state index in [4.69, 9.17) is 16.3 Å². The second-order valence-corrected chi connectivity index (χ2v) is 11.2. The molecule has 3 rings (SSSR count). The quantitative estimate of drug-likeness (QED) is 0.387. The first kappa shape index (κ1) is 29.0. The van der Waals surface area contributed by atoms with Crippen LogP contribution in [0.15, 0.2) is 72.8 Å². The average Bonchev–Trinajstić information content (AvgIpc) is 2.90. The van der Waals surface area contributed by atoms with Crippen molar-refractivity contribution in [2.75, 3.05) is 31.3 Å². The monoisotopic (exact) mass is 557 g/mol. The number of rotatable bonds is 11. The summed E-state index contributed by atoms with van der Waals surface area (Å²) in [6.07, 6.45) is 1.28. The van der Waals surface area contributed by atoms with Crippen LogP contribution >= 0.6 is 11.6 Å². The molecular formula is C28H32ClN3O5S. The average molecular weight is 558 g/mol. The van der Waals surface area contributed by atoms with Crippen molar-refractivity contribution in [2.45, 2.75) is 25.9 Å². The summed E-state index contributed by atoms with van der Waals surface area (Å²) in [7, 11) is -0.823. The number of carbonyl (C=O) groups excluding carboxylic acids is 2. The normalized spacial score (nSPS) is 11.9. The van der Waals surface area contributed by atoms with Crippen LogP contribution in [0.3, 0.4) is 0 Å². The minimum Gasteiger partial charge on any atom is -0.497 e. The zero-order valence-electron chi connectivity index (χ0n) is 21.8. The molecule has 1 atom stereocenters. The molecule has 0 aliphatic carbocycles. The van der Waals surface area contributed by atoms with E-state index in [9.17, 15) is 18.0 Å². The molecule has 0 saturated heterocycles. The zero-order valence-corrected chi connectivity index (χ0v) is 23.4. The van der Waals surface area contributed by atoms with Crippen molar-refractivity contribution in [2.24, 2.45) is 0 Å². The Bertz CT molecular complexity index is 1380. The van der Waals surface area contributed by atoms with Gasteiger partial charge in [0.25, 0.3) is 0 Å². The second kappa shape index (κ2) is 12.8. The van der Waals surface area contributed by atoms with Crippen molar-refractivity contribution in [3.05, 3.63) is 94.5 Å². The van der Waals surface area contributed by atoms with Crippen molar-refractivity contribution >= 4 is 39.1 Å². The van der Waals surface area contributed by atoms with Gasteiger partial charge in [-0.05, 0) is 47.9 Å². The van der Waals surface area contributed by atoms with E-state index in [2.05, 4.69) is 5.32 Å². The topological polar surface area (TPSA) is 96.0 Å². The number of anilines is 1. The van der Waals surface area contributed by atoms with Gasteiger partial charge in [-0.1, -0.05) is 60.1 Å². The van der Waals surface area contributed by atoms with Crippen LogP contribution in [0.1, 0.15) is 16.7 Å². The summed E-state index contributed by atoms with van der Waals surface area (Å²) < 4.78 is 32.1. The lowest BCUT2D eigenvalue weighted by Crippen LogP contribution is -2.53. The number of hydrogen-bond acceptors (Lipinski definition) is 5. The second-order valence-electron chi connectivity index (χ2n) is 8.85. The van der Waals surface area contributed by atoms with Crippen LogP contribution in [-0.2, 0) is 32.6 Å². The van der Waals surface area contributed by atoms with E-state index < -0.39 is 28.5 Å². The van der Waals surface area contributed by atoms with Crippen LogP contribution < -0.4 is 14.4 Å². The Labute approximate surface area is 229 Å². The number of carbonyl (C=O) groups is 2. The third kappa shape index (κ3) is 7.26. The maximum absolute atomic E-state index is 14.0. The summed E-state index contributed by atoms with van der Waals surface area (Å²) in [5.41, 5.74) is 2.41. The molecule has 3 aromatic rings. The summed E-state index contributed by atoms with van der Waals surface area (Å²) in [6.45, 7) is 1.25. The number of methoxy groups -OCH3 is 1. The summed E-state index contributed by atoms with van der Waals surface area (Å²) in [5, 5.41) is 3.03. The van der Waals surface area contributed by atoms with E-state index in [-0.39, 0.29) is 18.9 Å². The molecule has 0 aliphatic heterocycles. The molecule has 0 fully saturated rings. The Hall–Kier alpha value is -3.56. The summed E-state index contributed by atoms with van der Waals surface area (Å²) in [4.78, 5) is 28.5. The van der Waals surface area contributed by atoms with E-state index >= 15 is 0 Å². The van der Waals surface area contributed by atoms with Crippen LogP contribution in [0.4, 0.5) is 5.69 Å². The number of halogens is 1. The number of likely N-dealkylation sites (N-methyl/N-ethyl adjacent to an activating group) is 1. The summed E-state index contributed by atoms with van der Waals surface area (Å²) in [5.74, 6) is -0.307. The Balaban J connectivity index is 2.06. The molecule has 202 valence electrons. The number of ether oxygens (including phenoxy) is 1. The van der Waals surface area contributed by atoms with E-state index in [1.165, 1.54) is 11.9 Å². The van der Waals surface area contributed by atoms with Gasteiger partial charge in [0.1, 0.15) is 18.3 Å². The minimum atomic E-state index is -3.87. The first-order valence-corrected chi connectivity index (χ1v) is 14.2. The summed E-state index contributed by atoms with van der Waals surface area (Å²) in [6, 6.07) is 20.5. The SMILES string of the molecule is CNC(=O)[C@@H](Cc1ccccc1)N(Cc1cccc(OC)c1)C(=O)CN(c1cccc(Cl)c1C)S(C)(=O)=O. The fourth-order valence-corrected chi connectivity index (χ4v) is 5.22. The number of benzene rings is 3. The van der Waals surface area contributed by atoms with Gasteiger partial charge >= 0.3 is 0 Å². The molecule has 0 aliphatic rings. The molecule has 0 aromatic heterocycles. The first-order valence-electron chi connectivity index (χ1n) is 12.0. The van der Waals surface area contributed by atoms with Crippen LogP contribution in [0, 0.1) is 6.92 Å². The van der Waals surface area contributed by atoms with Crippen molar-refractivity contribution in [3.63, 3.8) is 0 Å². The van der Waals surface area contributed by atoms with Gasteiger partial charge in [-0.2, -0.15) is 0 Å². The summed E-state index contributed by atoms with van der Waals surface area (Å²) >= 11 is 6.26. The standard InChI is InChI=1S/C28H32ClN3O5S/c1-20-24(29)14-9-15-25(20)32(38(4,35)36)19-27(33)31(18-22-12-8-13-23(16-22)37-3)26(28(34)30-2)17-21-10-6-5-7-11-21/h5-16,26H,17-19H2,1-4H3,(H,30,34)/t26-/m1/s1. The molecular weight excluding hydrogens is 526 g/mol. The number of nitrogens with zero attached hydrogens (tertiary/aromatic N) is 2. The third-order valence-corrected chi connectivity index (χ3v) is 7.73. The Morgan fingerprint density at radius 1 is 1.00 bits per heavy atom. The molecule has 38 heavy (non-hydrogen) atoms. The van der Waals surface area contributed by atoms with Crippen molar-refractivity contribution in [3.8, 4) is 5.75 Å². The van der Waals surface area contributed by atoms with Gasteiger partial charge in [0.2, 0.25) is 21.8 Å². The van der Waals surface area contributed by atoms with Gasteiger partial charge < -0.3 is 15.0 Å². The van der Waals surface area contributed by atoms with Gasteiger partial charge in [0, 0.05) is 25.0 Å². The molecule has 0 spiro atoms. The minimum absolute atomic E-state index is 0.0626. The molecule has 0 unspecified atom stereocenters. The Morgan fingerprint density at radius 2 is 1.66 bits per heavy atom. The number of sulfonamides is 1. The Kier molecular flexibility index (Phi) is 9.77. The highest BCUT2D eigenvalue weighted by Gasteiger charge is 2.33. The molecule has 0 bridgehead atoms. The first-order chi connectivity index (χ1) is 18.0. The van der Waals surface area contributed by atoms with Gasteiger partial charge in [-0.25, -0.2) is 8.42 Å². The van der Waals surface area contributed by atoms with E-state index in [1.807, 2.05) is 36.4 Å².